The van der Waals surface area contributed by atoms with Gasteiger partial charge in [-0.05, 0) is 12.1 Å². The Labute approximate surface area is 95.6 Å². The second kappa shape index (κ2) is 7.01. The monoisotopic (exact) mass is 246 g/mol. The first-order valence-electron chi connectivity index (χ1n) is 4.18. The van der Waals surface area contributed by atoms with Gasteiger partial charge in [-0.15, -0.1) is 0 Å². The number of nitrogens with one attached hydrogen (secondary N) is 1. The van der Waals surface area contributed by atoms with Gasteiger partial charge in [-0.25, -0.2) is 14.0 Å². The molecule has 0 aliphatic carbocycles. The van der Waals surface area contributed by atoms with Crippen LogP contribution in [0.2, 0.25) is 0 Å². The number of carboxylic acids is 2. The van der Waals surface area contributed by atoms with Crippen molar-refractivity contribution in [3.05, 3.63) is 24.0 Å². The Morgan fingerprint density at radius 1 is 1.35 bits per heavy atom. The summed E-state index contributed by atoms with van der Waals surface area (Å²) in [6, 6.07) is 4.07. The van der Waals surface area contributed by atoms with Crippen molar-refractivity contribution in [1.82, 2.24) is 0 Å². The van der Waals surface area contributed by atoms with Crippen molar-refractivity contribution < 1.29 is 28.9 Å². The highest BCUT2D eigenvalue weighted by molar-refractivity contribution is 6.27. The van der Waals surface area contributed by atoms with Crippen molar-refractivity contribution >= 4 is 17.6 Å². The second-order valence-corrected chi connectivity index (χ2v) is 2.60. The molecule has 0 saturated heterocycles. The van der Waals surface area contributed by atoms with Gasteiger partial charge < -0.3 is 20.4 Å². The summed E-state index contributed by atoms with van der Waals surface area (Å²) in [7, 11) is 1.49. The summed E-state index contributed by atoms with van der Waals surface area (Å²) >= 11 is 0. The molecule has 0 fully saturated rings. The molecule has 0 atom stereocenters. The lowest BCUT2D eigenvalue weighted by Gasteiger charge is -2.06. The lowest BCUT2D eigenvalue weighted by Crippen LogP contribution is -2.09. The average Bonchev–Trinajstić information content (AvgIpc) is 2.29. The molecular weight excluding hydrogens is 235 g/mol. The molecule has 1 aromatic rings. The number of carbonyl (C=O) groups is 2. The summed E-state index contributed by atoms with van der Waals surface area (Å²) in [5.41, 5.74) is 2.76. The van der Waals surface area contributed by atoms with E-state index in [9.17, 15) is 4.39 Å². The van der Waals surface area contributed by atoms with E-state index in [-0.39, 0.29) is 5.82 Å². The molecule has 1 rings (SSSR count). The zero-order valence-corrected chi connectivity index (χ0v) is 8.81. The van der Waals surface area contributed by atoms with Crippen LogP contribution in [0, 0.1) is 5.82 Å². The van der Waals surface area contributed by atoms with Gasteiger partial charge in [0, 0.05) is 6.07 Å². The predicted octanol–water partition coefficient (Wildman–Crippen LogP) is 0.276. The number of halogens is 1. The zero-order valence-electron chi connectivity index (χ0n) is 8.81. The minimum atomic E-state index is -1.82. The van der Waals surface area contributed by atoms with Gasteiger partial charge in [-0.1, -0.05) is 0 Å². The number of benzene rings is 1. The number of anilines is 1. The fraction of sp³-hybridized carbons (Fsp3) is 0.111. The van der Waals surface area contributed by atoms with Crippen LogP contribution in [0.4, 0.5) is 10.1 Å². The molecule has 0 saturated carbocycles. The van der Waals surface area contributed by atoms with Crippen LogP contribution in [0.15, 0.2) is 18.2 Å². The maximum atomic E-state index is 12.5. The number of nitrogen functional groups attached to an aromatic ring is 1. The number of hydrazine groups is 1. The summed E-state index contributed by atoms with van der Waals surface area (Å²) < 4.78 is 17.4. The van der Waals surface area contributed by atoms with Crippen LogP contribution < -0.4 is 16.0 Å². The Morgan fingerprint density at radius 2 is 1.88 bits per heavy atom. The SMILES string of the molecule is COc1ccc(F)cc1NN.O=C(O)C(=O)O. The van der Waals surface area contributed by atoms with Gasteiger partial charge in [-0.2, -0.15) is 0 Å². The lowest BCUT2D eigenvalue weighted by atomic mass is 10.3. The van der Waals surface area contributed by atoms with Gasteiger partial charge in [0.2, 0.25) is 0 Å². The Hall–Kier alpha value is -2.35. The van der Waals surface area contributed by atoms with Crippen LogP contribution in [0.5, 0.6) is 5.75 Å². The van der Waals surface area contributed by atoms with E-state index in [1.165, 1.54) is 25.3 Å². The highest BCUT2D eigenvalue weighted by Crippen LogP contribution is 2.23. The highest BCUT2D eigenvalue weighted by atomic mass is 19.1. The number of hydrogen-bond donors (Lipinski definition) is 4. The van der Waals surface area contributed by atoms with Gasteiger partial charge in [-0.3, -0.25) is 5.84 Å². The number of rotatable bonds is 2. The van der Waals surface area contributed by atoms with Crippen molar-refractivity contribution in [2.24, 2.45) is 5.84 Å². The Morgan fingerprint density at radius 3 is 2.24 bits per heavy atom. The van der Waals surface area contributed by atoms with Gasteiger partial charge >= 0.3 is 11.9 Å². The minimum Gasteiger partial charge on any atom is -0.495 e. The molecule has 0 bridgehead atoms. The minimum absolute atomic E-state index is 0.348. The molecule has 0 heterocycles. The molecule has 1 aromatic carbocycles. The molecule has 0 spiro atoms. The predicted molar refractivity (Wildman–Crippen MR) is 56.0 cm³/mol. The molecule has 17 heavy (non-hydrogen) atoms. The molecule has 0 aromatic heterocycles. The molecular formula is C9H11FN2O5. The van der Waals surface area contributed by atoms with Gasteiger partial charge in [0.1, 0.15) is 11.6 Å². The first kappa shape index (κ1) is 14.7. The summed E-state index contributed by atoms with van der Waals surface area (Å²) in [5, 5.41) is 14.8. The largest absolute Gasteiger partial charge is 0.495 e. The number of hydrogen-bond acceptors (Lipinski definition) is 5. The molecule has 5 N–H and O–H groups in total. The van der Waals surface area contributed by atoms with Crippen LogP contribution in [0.25, 0.3) is 0 Å². The Balaban J connectivity index is 0.000000366. The molecule has 0 aliphatic rings. The van der Waals surface area contributed by atoms with Gasteiger partial charge in [0.25, 0.3) is 0 Å². The number of aliphatic carboxylic acids is 2. The van der Waals surface area contributed by atoms with Crippen molar-refractivity contribution in [2.75, 3.05) is 12.5 Å². The molecule has 8 heteroatoms. The number of carboxylic acid groups (broad SMARTS) is 2. The first-order valence-corrected chi connectivity index (χ1v) is 4.18. The third-order valence-corrected chi connectivity index (χ3v) is 1.50. The summed E-state index contributed by atoms with van der Waals surface area (Å²) in [6.07, 6.45) is 0. The molecule has 0 radical (unpaired) electrons. The van der Waals surface area contributed by atoms with Crippen molar-refractivity contribution in [3.8, 4) is 5.75 Å². The third-order valence-electron chi connectivity index (χ3n) is 1.50. The fourth-order valence-electron chi connectivity index (χ4n) is 0.793. The van der Waals surface area contributed by atoms with E-state index < -0.39 is 11.9 Å². The van der Waals surface area contributed by atoms with E-state index in [0.29, 0.717) is 11.4 Å². The van der Waals surface area contributed by atoms with E-state index in [1.807, 2.05) is 0 Å². The van der Waals surface area contributed by atoms with Crippen molar-refractivity contribution in [3.63, 3.8) is 0 Å². The van der Waals surface area contributed by atoms with Crippen LogP contribution in [-0.4, -0.2) is 29.3 Å². The molecule has 7 nitrogen and oxygen atoms in total. The molecule has 0 aliphatic heterocycles. The third kappa shape index (κ3) is 5.33. The number of ether oxygens (including phenoxy) is 1. The quantitative estimate of drug-likeness (QED) is 0.335. The van der Waals surface area contributed by atoms with E-state index in [2.05, 4.69) is 5.43 Å². The number of methoxy groups -OCH3 is 1. The van der Waals surface area contributed by atoms with Crippen molar-refractivity contribution in [2.45, 2.75) is 0 Å². The molecule has 0 unspecified atom stereocenters. The smallest absolute Gasteiger partial charge is 0.414 e. The average molecular weight is 246 g/mol. The second-order valence-electron chi connectivity index (χ2n) is 2.60. The fourth-order valence-corrected chi connectivity index (χ4v) is 0.793. The van der Waals surface area contributed by atoms with E-state index in [4.69, 9.17) is 30.4 Å². The zero-order chi connectivity index (χ0) is 13.4. The van der Waals surface area contributed by atoms with Crippen LogP contribution in [0.1, 0.15) is 0 Å². The van der Waals surface area contributed by atoms with Gasteiger partial charge in [0.05, 0.1) is 12.8 Å². The lowest BCUT2D eigenvalue weighted by molar-refractivity contribution is -0.159. The van der Waals surface area contributed by atoms with Crippen LogP contribution >= 0.6 is 0 Å². The number of nitrogens with two attached hydrogens (primary N) is 1. The summed E-state index contributed by atoms with van der Waals surface area (Å²) in [4.78, 5) is 18.2. The van der Waals surface area contributed by atoms with Gasteiger partial charge in [0.15, 0.2) is 0 Å². The first-order chi connectivity index (χ1) is 7.92. The van der Waals surface area contributed by atoms with E-state index in [0.717, 1.165) is 0 Å². The molecule has 0 amide bonds. The van der Waals surface area contributed by atoms with Crippen molar-refractivity contribution in [1.29, 1.82) is 0 Å². The maximum Gasteiger partial charge on any atom is 0.414 e. The Bertz CT molecular complexity index is 398. The standard InChI is InChI=1S/C7H9FN2O.C2H2O4/c1-11-7-3-2-5(8)4-6(7)10-9;3-1(4)2(5)6/h2-4,10H,9H2,1H3;(H,3,4)(H,5,6). The summed E-state index contributed by atoms with van der Waals surface area (Å²) in [6.45, 7) is 0. The van der Waals surface area contributed by atoms with Crippen LogP contribution in [-0.2, 0) is 9.59 Å². The Kier molecular flexibility index (Phi) is 6.04. The summed E-state index contributed by atoms with van der Waals surface area (Å²) in [5.74, 6) is 1.62. The highest BCUT2D eigenvalue weighted by Gasteiger charge is 2.04. The molecule has 94 valence electrons. The van der Waals surface area contributed by atoms with Crippen LogP contribution in [0.3, 0.4) is 0 Å². The van der Waals surface area contributed by atoms with E-state index >= 15 is 0 Å². The topological polar surface area (TPSA) is 122 Å². The normalized spacial score (nSPS) is 8.65. The maximum absolute atomic E-state index is 12.5. The van der Waals surface area contributed by atoms with E-state index in [1.54, 1.807) is 0 Å².